The van der Waals surface area contributed by atoms with Crippen LogP contribution in [0.3, 0.4) is 0 Å². The van der Waals surface area contributed by atoms with Gasteiger partial charge in [-0.25, -0.2) is 0 Å². The Bertz CT molecular complexity index is 684. The molecular weight excluding hydrogens is 254 g/mol. The lowest BCUT2D eigenvalue weighted by atomic mass is 9.88. The Hall–Kier alpha value is -2.10. The Balaban J connectivity index is 2.48. The van der Waals surface area contributed by atoms with Crippen molar-refractivity contribution in [1.82, 2.24) is 4.57 Å². The molecule has 1 aromatic carbocycles. The lowest BCUT2D eigenvalue weighted by Crippen LogP contribution is -2.25. The number of aromatic nitrogens is 1. The van der Waals surface area contributed by atoms with E-state index in [2.05, 4.69) is 0 Å². The van der Waals surface area contributed by atoms with E-state index in [1.165, 1.54) is 0 Å². The van der Waals surface area contributed by atoms with Crippen molar-refractivity contribution in [1.29, 1.82) is 0 Å². The van der Waals surface area contributed by atoms with E-state index in [4.69, 9.17) is 5.11 Å². The van der Waals surface area contributed by atoms with Crippen molar-refractivity contribution in [2.75, 3.05) is 0 Å². The van der Waals surface area contributed by atoms with E-state index in [0.717, 1.165) is 16.5 Å². The standard InChI is InChI=1S/C16H19NO3/c1-9-5-6-12-13(8-17(4)14(12)7-9)15(18)10(2)11(3)16(19)20/h5-8,10-11H,1-4H3,(H,19,20). The molecule has 0 aliphatic carbocycles. The number of carbonyl (C=O) groups excluding carboxylic acids is 1. The van der Waals surface area contributed by atoms with E-state index in [9.17, 15) is 9.59 Å². The molecule has 0 amide bonds. The maximum atomic E-state index is 12.5. The summed E-state index contributed by atoms with van der Waals surface area (Å²) < 4.78 is 1.91. The molecule has 4 nitrogen and oxygen atoms in total. The predicted octanol–water partition coefficient (Wildman–Crippen LogP) is 3.03. The minimum absolute atomic E-state index is 0.116. The number of Topliss-reactive ketones (excluding diaryl/α,β-unsaturated/α-hetero) is 1. The van der Waals surface area contributed by atoms with Crippen molar-refractivity contribution in [3.05, 3.63) is 35.5 Å². The van der Waals surface area contributed by atoms with Crippen LogP contribution in [0.5, 0.6) is 0 Å². The van der Waals surface area contributed by atoms with Gasteiger partial charge in [0.15, 0.2) is 5.78 Å². The summed E-state index contributed by atoms with van der Waals surface area (Å²) >= 11 is 0. The summed E-state index contributed by atoms with van der Waals surface area (Å²) in [4.78, 5) is 23.6. The second-order valence-electron chi connectivity index (χ2n) is 5.45. The van der Waals surface area contributed by atoms with Gasteiger partial charge in [0.05, 0.1) is 5.92 Å². The number of rotatable bonds is 4. The molecule has 1 aromatic heterocycles. The van der Waals surface area contributed by atoms with Crippen LogP contribution in [0.15, 0.2) is 24.4 Å². The molecule has 2 rings (SSSR count). The van der Waals surface area contributed by atoms with E-state index >= 15 is 0 Å². The van der Waals surface area contributed by atoms with Crippen LogP contribution in [-0.4, -0.2) is 21.4 Å². The van der Waals surface area contributed by atoms with Crippen molar-refractivity contribution in [3.63, 3.8) is 0 Å². The van der Waals surface area contributed by atoms with Gasteiger partial charge in [-0.1, -0.05) is 26.0 Å². The van der Waals surface area contributed by atoms with E-state index in [1.54, 1.807) is 20.0 Å². The summed E-state index contributed by atoms with van der Waals surface area (Å²) in [5, 5.41) is 9.93. The maximum absolute atomic E-state index is 12.5. The quantitative estimate of drug-likeness (QED) is 0.871. The fourth-order valence-corrected chi connectivity index (χ4v) is 2.38. The lowest BCUT2D eigenvalue weighted by Gasteiger charge is -2.14. The molecule has 0 bridgehead atoms. The average molecular weight is 273 g/mol. The Kier molecular flexibility index (Phi) is 3.66. The van der Waals surface area contributed by atoms with Crippen LogP contribution < -0.4 is 0 Å². The number of aryl methyl sites for hydroxylation is 2. The van der Waals surface area contributed by atoms with Gasteiger partial charge in [-0.15, -0.1) is 0 Å². The van der Waals surface area contributed by atoms with E-state index in [-0.39, 0.29) is 5.78 Å². The molecule has 1 N–H and O–H groups in total. The molecule has 0 saturated carbocycles. The van der Waals surface area contributed by atoms with Gasteiger partial charge in [0.25, 0.3) is 0 Å². The van der Waals surface area contributed by atoms with Crippen LogP contribution in [0.2, 0.25) is 0 Å². The zero-order valence-corrected chi connectivity index (χ0v) is 12.2. The predicted molar refractivity (Wildman–Crippen MR) is 78.0 cm³/mol. The molecule has 0 aliphatic rings. The van der Waals surface area contributed by atoms with Crippen LogP contribution in [0.1, 0.15) is 29.8 Å². The summed E-state index contributed by atoms with van der Waals surface area (Å²) in [7, 11) is 1.89. The zero-order chi connectivity index (χ0) is 15.0. The van der Waals surface area contributed by atoms with Crippen LogP contribution in [-0.2, 0) is 11.8 Å². The first-order valence-electron chi connectivity index (χ1n) is 6.65. The van der Waals surface area contributed by atoms with Crippen LogP contribution in [0.4, 0.5) is 0 Å². The number of nitrogens with zero attached hydrogens (tertiary/aromatic N) is 1. The Morgan fingerprint density at radius 3 is 2.45 bits per heavy atom. The SMILES string of the molecule is Cc1ccc2c(C(=O)C(C)C(C)C(=O)O)cn(C)c2c1. The number of fused-ring (bicyclic) bond motifs is 1. The van der Waals surface area contributed by atoms with Gasteiger partial charge in [0.2, 0.25) is 0 Å². The highest BCUT2D eigenvalue weighted by Crippen LogP contribution is 2.26. The van der Waals surface area contributed by atoms with E-state index in [0.29, 0.717) is 5.56 Å². The number of aliphatic carboxylic acids is 1. The fraction of sp³-hybridized carbons (Fsp3) is 0.375. The van der Waals surface area contributed by atoms with E-state index < -0.39 is 17.8 Å². The summed E-state index contributed by atoms with van der Waals surface area (Å²) in [5.41, 5.74) is 2.72. The van der Waals surface area contributed by atoms with Gasteiger partial charge in [-0.05, 0) is 18.6 Å². The monoisotopic (exact) mass is 273 g/mol. The molecule has 1 heterocycles. The third-order valence-electron chi connectivity index (χ3n) is 3.96. The van der Waals surface area contributed by atoms with Gasteiger partial charge in [-0.3, -0.25) is 9.59 Å². The molecule has 0 aliphatic heterocycles. The Morgan fingerprint density at radius 2 is 1.85 bits per heavy atom. The van der Waals surface area contributed by atoms with Crippen molar-refractivity contribution in [2.24, 2.45) is 18.9 Å². The highest BCUT2D eigenvalue weighted by Gasteiger charge is 2.28. The molecule has 2 aromatic rings. The van der Waals surface area contributed by atoms with Gasteiger partial charge in [0.1, 0.15) is 0 Å². The van der Waals surface area contributed by atoms with Gasteiger partial charge in [-0.2, -0.15) is 0 Å². The zero-order valence-electron chi connectivity index (χ0n) is 12.2. The number of hydrogen-bond donors (Lipinski definition) is 1. The highest BCUT2D eigenvalue weighted by molar-refractivity contribution is 6.10. The fourth-order valence-electron chi connectivity index (χ4n) is 2.38. The van der Waals surface area contributed by atoms with Crippen LogP contribution in [0, 0.1) is 18.8 Å². The molecular formula is C16H19NO3. The first kappa shape index (κ1) is 14.3. The Morgan fingerprint density at radius 1 is 1.20 bits per heavy atom. The third kappa shape index (κ3) is 2.33. The highest BCUT2D eigenvalue weighted by atomic mass is 16.4. The molecule has 2 unspecified atom stereocenters. The average Bonchev–Trinajstić information content (AvgIpc) is 2.73. The number of benzene rings is 1. The smallest absolute Gasteiger partial charge is 0.306 e. The molecule has 4 heteroatoms. The molecule has 0 saturated heterocycles. The summed E-state index contributed by atoms with van der Waals surface area (Å²) in [5.74, 6) is -2.29. The summed E-state index contributed by atoms with van der Waals surface area (Å²) in [6.45, 7) is 5.25. The number of carbonyl (C=O) groups is 2. The largest absolute Gasteiger partial charge is 0.481 e. The number of hydrogen-bond acceptors (Lipinski definition) is 2. The minimum Gasteiger partial charge on any atom is -0.481 e. The second kappa shape index (κ2) is 5.12. The van der Waals surface area contributed by atoms with Crippen molar-refractivity contribution in [3.8, 4) is 0 Å². The van der Waals surface area contributed by atoms with Gasteiger partial charge >= 0.3 is 5.97 Å². The van der Waals surface area contributed by atoms with Crippen molar-refractivity contribution in [2.45, 2.75) is 20.8 Å². The maximum Gasteiger partial charge on any atom is 0.306 e. The molecule has 0 spiro atoms. The van der Waals surface area contributed by atoms with Crippen molar-refractivity contribution >= 4 is 22.7 Å². The second-order valence-corrected chi connectivity index (χ2v) is 5.45. The van der Waals surface area contributed by atoms with Crippen LogP contribution >= 0.6 is 0 Å². The van der Waals surface area contributed by atoms with Gasteiger partial charge in [0, 0.05) is 35.6 Å². The molecule has 0 fully saturated rings. The van der Waals surface area contributed by atoms with Crippen molar-refractivity contribution < 1.29 is 14.7 Å². The van der Waals surface area contributed by atoms with Gasteiger partial charge < -0.3 is 9.67 Å². The summed E-state index contributed by atoms with van der Waals surface area (Å²) in [6.07, 6.45) is 1.79. The number of ketones is 1. The summed E-state index contributed by atoms with van der Waals surface area (Å²) in [6, 6.07) is 5.91. The Labute approximate surface area is 118 Å². The molecule has 2 atom stereocenters. The lowest BCUT2D eigenvalue weighted by molar-refractivity contribution is -0.142. The molecule has 106 valence electrons. The first-order valence-corrected chi connectivity index (χ1v) is 6.65. The first-order chi connectivity index (χ1) is 9.32. The normalized spacial score (nSPS) is 14.2. The molecule has 0 radical (unpaired) electrons. The van der Waals surface area contributed by atoms with E-state index in [1.807, 2.05) is 36.7 Å². The third-order valence-corrected chi connectivity index (χ3v) is 3.96. The van der Waals surface area contributed by atoms with Crippen LogP contribution in [0.25, 0.3) is 10.9 Å². The molecule has 20 heavy (non-hydrogen) atoms. The number of carboxylic acids is 1. The minimum atomic E-state index is -0.943. The number of carboxylic acid groups (broad SMARTS) is 1. The topological polar surface area (TPSA) is 59.3 Å².